The molecule has 0 bridgehead atoms. The van der Waals surface area contributed by atoms with Crippen LogP contribution >= 0.6 is 0 Å². The van der Waals surface area contributed by atoms with Crippen molar-refractivity contribution < 1.29 is 13.2 Å². The van der Waals surface area contributed by atoms with E-state index in [1.165, 1.54) is 0 Å². The molecule has 0 radical (unpaired) electrons. The minimum atomic E-state index is -2.87. The molecule has 5 heteroatoms. The largest absolute Gasteiger partial charge is 0.494 e. The average Bonchev–Trinajstić information content (AvgIpc) is 2.82. The van der Waals surface area contributed by atoms with Crippen LogP contribution in [-0.2, 0) is 16.4 Å². The number of ether oxygens (including phenoxy) is 1. The van der Waals surface area contributed by atoms with Gasteiger partial charge in [0.05, 0.1) is 12.4 Å². The number of aromatic nitrogens is 1. The molecule has 110 valence electrons. The lowest BCUT2D eigenvalue weighted by molar-refractivity contribution is 0.340. The average molecular weight is 295 g/mol. The Morgan fingerprint density at radius 3 is 2.70 bits per heavy atom. The Morgan fingerprint density at radius 2 is 2.00 bits per heavy atom. The third-order valence-electron chi connectivity index (χ3n) is 3.35. The Morgan fingerprint density at radius 1 is 1.20 bits per heavy atom. The topological polar surface area (TPSA) is 48.3 Å². The van der Waals surface area contributed by atoms with E-state index in [2.05, 4.69) is 4.57 Å². The Kier molecular flexibility index (Phi) is 4.70. The molecule has 0 aliphatic rings. The van der Waals surface area contributed by atoms with Crippen molar-refractivity contribution in [3.63, 3.8) is 0 Å². The summed E-state index contributed by atoms with van der Waals surface area (Å²) in [5.74, 6) is 1.34. The van der Waals surface area contributed by atoms with Crippen LogP contribution in [0.1, 0.15) is 20.3 Å². The van der Waals surface area contributed by atoms with Gasteiger partial charge >= 0.3 is 0 Å². The van der Waals surface area contributed by atoms with Gasteiger partial charge in [-0.05, 0) is 37.6 Å². The lowest BCUT2D eigenvalue weighted by Gasteiger charge is -2.07. The second-order valence-electron chi connectivity index (χ2n) is 4.75. The molecule has 0 aliphatic heterocycles. The number of nitrogens with zero attached hydrogens (tertiary/aromatic N) is 1. The Bertz CT molecular complexity index is 673. The van der Waals surface area contributed by atoms with Gasteiger partial charge in [-0.1, -0.05) is 6.92 Å². The first-order valence-electron chi connectivity index (χ1n) is 6.98. The van der Waals surface area contributed by atoms with Crippen LogP contribution in [0.3, 0.4) is 0 Å². The van der Waals surface area contributed by atoms with E-state index in [-0.39, 0.29) is 11.5 Å². The van der Waals surface area contributed by atoms with E-state index in [4.69, 9.17) is 4.74 Å². The van der Waals surface area contributed by atoms with Gasteiger partial charge in [0.15, 0.2) is 0 Å². The van der Waals surface area contributed by atoms with Crippen LogP contribution in [0.2, 0.25) is 0 Å². The second-order valence-corrected chi connectivity index (χ2v) is 7.23. The highest BCUT2D eigenvalue weighted by molar-refractivity contribution is 7.91. The maximum atomic E-state index is 11.5. The van der Waals surface area contributed by atoms with Crippen LogP contribution in [0, 0.1) is 0 Å². The first-order chi connectivity index (χ1) is 9.55. The molecule has 2 aromatic rings. The first-order valence-corrected chi connectivity index (χ1v) is 8.80. The Labute approximate surface area is 120 Å². The predicted molar refractivity (Wildman–Crippen MR) is 82.1 cm³/mol. The number of rotatable bonds is 7. The maximum Gasteiger partial charge on any atom is 0.150 e. The van der Waals surface area contributed by atoms with E-state index in [1.807, 2.05) is 37.4 Å². The van der Waals surface area contributed by atoms with Crippen molar-refractivity contribution in [2.45, 2.75) is 26.8 Å². The fourth-order valence-corrected chi connectivity index (χ4v) is 3.09. The molecular weight excluding hydrogens is 274 g/mol. The van der Waals surface area contributed by atoms with Crippen molar-refractivity contribution in [3.8, 4) is 5.75 Å². The quantitative estimate of drug-likeness (QED) is 0.789. The van der Waals surface area contributed by atoms with E-state index in [9.17, 15) is 8.42 Å². The molecule has 0 N–H and O–H groups in total. The highest BCUT2D eigenvalue weighted by Crippen LogP contribution is 2.22. The molecule has 20 heavy (non-hydrogen) atoms. The minimum Gasteiger partial charge on any atom is -0.494 e. The molecule has 1 heterocycles. The number of hydrogen-bond donors (Lipinski definition) is 0. The molecule has 0 spiro atoms. The van der Waals surface area contributed by atoms with Crippen LogP contribution in [0.4, 0.5) is 0 Å². The van der Waals surface area contributed by atoms with Crippen molar-refractivity contribution in [1.82, 2.24) is 4.57 Å². The van der Waals surface area contributed by atoms with E-state index >= 15 is 0 Å². The van der Waals surface area contributed by atoms with Gasteiger partial charge in [-0.2, -0.15) is 0 Å². The van der Waals surface area contributed by atoms with Gasteiger partial charge in [0.1, 0.15) is 15.6 Å². The third-order valence-corrected chi connectivity index (χ3v) is 5.14. The highest BCUT2D eigenvalue weighted by Gasteiger charge is 2.08. The summed E-state index contributed by atoms with van der Waals surface area (Å²) in [5, 5.41) is 1.12. The molecule has 0 aliphatic carbocycles. The zero-order valence-corrected chi connectivity index (χ0v) is 12.8. The SMILES string of the molecule is CCOc1ccc2c(ccn2CCCS(=O)(=O)CC)c1. The van der Waals surface area contributed by atoms with E-state index in [0.717, 1.165) is 23.2 Å². The predicted octanol–water partition coefficient (Wildman–Crippen LogP) is 2.86. The van der Waals surface area contributed by atoms with Crippen molar-refractivity contribution in [1.29, 1.82) is 0 Å². The number of hydrogen-bond acceptors (Lipinski definition) is 3. The molecule has 0 fully saturated rings. The fourth-order valence-electron chi connectivity index (χ4n) is 2.23. The zero-order chi connectivity index (χ0) is 14.6. The van der Waals surface area contributed by atoms with E-state index < -0.39 is 9.84 Å². The summed E-state index contributed by atoms with van der Waals surface area (Å²) < 4.78 is 30.5. The van der Waals surface area contributed by atoms with Gasteiger partial charge in [0, 0.05) is 29.4 Å². The summed E-state index contributed by atoms with van der Waals surface area (Å²) in [6, 6.07) is 8.02. The monoisotopic (exact) mass is 295 g/mol. The minimum absolute atomic E-state index is 0.219. The van der Waals surface area contributed by atoms with Crippen LogP contribution in [0.15, 0.2) is 30.5 Å². The number of fused-ring (bicyclic) bond motifs is 1. The maximum absolute atomic E-state index is 11.5. The van der Waals surface area contributed by atoms with Crippen LogP contribution < -0.4 is 4.74 Å². The number of aryl methyl sites for hydroxylation is 1. The molecule has 4 nitrogen and oxygen atoms in total. The number of sulfone groups is 1. The summed E-state index contributed by atoms with van der Waals surface area (Å²) in [7, 11) is -2.87. The molecule has 1 aromatic heterocycles. The van der Waals surface area contributed by atoms with E-state index in [1.54, 1.807) is 6.92 Å². The molecular formula is C15H21NO3S. The third kappa shape index (κ3) is 3.54. The summed E-state index contributed by atoms with van der Waals surface area (Å²) in [4.78, 5) is 0. The highest BCUT2D eigenvalue weighted by atomic mass is 32.2. The summed E-state index contributed by atoms with van der Waals surface area (Å²) >= 11 is 0. The molecule has 0 unspecified atom stereocenters. The first kappa shape index (κ1) is 14.9. The smallest absolute Gasteiger partial charge is 0.150 e. The summed E-state index contributed by atoms with van der Waals surface area (Å²) in [6.07, 6.45) is 2.64. The Hall–Kier alpha value is -1.49. The fraction of sp³-hybridized carbons (Fsp3) is 0.467. The van der Waals surface area contributed by atoms with Gasteiger partial charge in [-0.15, -0.1) is 0 Å². The Balaban J connectivity index is 2.08. The molecule has 1 aromatic carbocycles. The molecule has 0 saturated carbocycles. The van der Waals surface area contributed by atoms with Crippen LogP contribution in [0.5, 0.6) is 5.75 Å². The number of benzene rings is 1. The standard InChI is InChI=1S/C15H21NO3S/c1-3-19-14-6-7-15-13(12-14)8-10-16(15)9-5-11-20(17,18)4-2/h6-8,10,12H,3-5,9,11H2,1-2H3. The molecule has 0 amide bonds. The van der Waals surface area contributed by atoms with Gasteiger partial charge in [0.25, 0.3) is 0 Å². The lowest BCUT2D eigenvalue weighted by Crippen LogP contribution is -2.10. The molecule has 0 saturated heterocycles. The lowest BCUT2D eigenvalue weighted by atomic mass is 10.2. The van der Waals surface area contributed by atoms with Gasteiger partial charge in [-0.25, -0.2) is 8.42 Å². The van der Waals surface area contributed by atoms with Crippen molar-refractivity contribution >= 4 is 20.7 Å². The van der Waals surface area contributed by atoms with Crippen LogP contribution in [-0.4, -0.2) is 31.1 Å². The summed E-state index contributed by atoms with van der Waals surface area (Å²) in [6.45, 7) is 5.02. The normalized spacial score (nSPS) is 11.9. The van der Waals surface area contributed by atoms with Crippen LogP contribution in [0.25, 0.3) is 10.9 Å². The molecule has 2 rings (SSSR count). The van der Waals surface area contributed by atoms with E-state index in [0.29, 0.717) is 13.0 Å². The zero-order valence-electron chi connectivity index (χ0n) is 12.0. The second kappa shape index (κ2) is 6.31. The van der Waals surface area contributed by atoms with Crippen molar-refractivity contribution in [3.05, 3.63) is 30.5 Å². The van der Waals surface area contributed by atoms with Crippen molar-refractivity contribution in [2.75, 3.05) is 18.1 Å². The molecule has 0 atom stereocenters. The summed E-state index contributed by atoms with van der Waals surface area (Å²) in [5.41, 5.74) is 1.11. The van der Waals surface area contributed by atoms with Gasteiger partial charge in [0.2, 0.25) is 0 Å². The van der Waals surface area contributed by atoms with Gasteiger partial charge < -0.3 is 9.30 Å². The van der Waals surface area contributed by atoms with Gasteiger partial charge in [-0.3, -0.25) is 0 Å². The van der Waals surface area contributed by atoms with Crippen molar-refractivity contribution in [2.24, 2.45) is 0 Å².